The predicted molar refractivity (Wildman–Crippen MR) is 108 cm³/mol. The first-order valence-electron chi connectivity index (χ1n) is 10.3. The molecule has 3 aliphatic rings. The summed E-state index contributed by atoms with van der Waals surface area (Å²) in [5.74, 6) is 1.75. The highest BCUT2D eigenvalue weighted by Crippen LogP contribution is 2.43. The van der Waals surface area contributed by atoms with Crippen molar-refractivity contribution >= 4 is 11.7 Å². The number of anilines is 1. The number of carbonyl (C=O) groups is 1. The number of rotatable bonds is 5. The standard InChI is InChI=1S/C22H26N4O3/c27-13-22-12-26(10-16(22)11-29-14-22)20-17-8-9-23-21(28)19(17)24-18(25-20)7-6-15-4-2-1-3-5-15/h1-5,16,27H,6-14H2,(H,23,28)/t16-,22-/m0/s1. The van der Waals surface area contributed by atoms with Crippen LogP contribution in [0.5, 0.6) is 0 Å². The van der Waals surface area contributed by atoms with Gasteiger partial charge in [0.05, 0.1) is 19.8 Å². The summed E-state index contributed by atoms with van der Waals surface area (Å²) in [5, 5.41) is 12.9. The molecule has 2 fully saturated rings. The Kier molecular flexibility index (Phi) is 4.72. The van der Waals surface area contributed by atoms with Crippen LogP contribution < -0.4 is 10.2 Å². The summed E-state index contributed by atoms with van der Waals surface area (Å²) in [7, 11) is 0. The molecule has 0 aliphatic carbocycles. The second-order valence-corrected chi connectivity index (χ2v) is 8.40. The van der Waals surface area contributed by atoms with Crippen molar-refractivity contribution in [1.29, 1.82) is 0 Å². The third kappa shape index (κ3) is 3.28. The van der Waals surface area contributed by atoms with Crippen molar-refractivity contribution in [3.05, 3.63) is 53.0 Å². The van der Waals surface area contributed by atoms with Crippen LogP contribution in [-0.4, -0.2) is 60.4 Å². The quantitative estimate of drug-likeness (QED) is 0.787. The first-order valence-corrected chi connectivity index (χ1v) is 10.3. The molecule has 152 valence electrons. The second-order valence-electron chi connectivity index (χ2n) is 8.40. The number of amides is 1. The second kappa shape index (κ2) is 7.39. The molecule has 2 atom stereocenters. The SMILES string of the molecule is O=C1NCCc2c1nc(CCc1ccccc1)nc2N1C[C@H]2COC[C@@]2(CO)C1. The maximum atomic E-state index is 12.5. The van der Waals surface area contributed by atoms with Crippen molar-refractivity contribution in [1.82, 2.24) is 15.3 Å². The molecule has 2 saturated heterocycles. The van der Waals surface area contributed by atoms with E-state index in [1.165, 1.54) is 5.56 Å². The van der Waals surface area contributed by atoms with Gasteiger partial charge >= 0.3 is 0 Å². The number of nitrogens with zero attached hydrogens (tertiary/aromatic N) is 3. The number of nitrogens with one attached hydrogen (secondary N) is 1. The Hall–Kier alpha value is -2.51. The summed E-state index contributed by atoms with van der Waals surface area (Å²) in [4.78, 5) is 24.3. The zero-order valence-electron chi connectivity index (χ0n) is 16.4. The molecule has 2 aromatic rings. The van der Waals surface area contributed by atoms with Gasteiger partial charge in [-0.3, -0.25) is 4.79 Å². The van der Waals surface area contributed by atoms with Crippen molar-refractivity contribution in [2.24, 2.45) is 11.3 Å². The van der Waals surface area contributed by atoms with Crippen LogP contribution in [0.2, 0.25) is 0 Å². The molecule has 1 aromatic carbocycles. The largest absolute Gasteiger partial charge is 0.396 e. The number of ether oxygens (including phenoxy) is 1. The van der Waals surface area contributed by atoms with Gasteiger partial charge in [-0.25, -0.2) is 9.97 Å². The van der Waals surface area contributed by atoms with Gasteiger partial charge in [0, 0.05) is 43.0 Å². The molecule has 4 heterocycles. The molecule has 7 heteroatoms. The molecule has 0 saturated carbocycles. The molecule has 3 aliphatic heterocycles. The van der Waals surface area contributed by atoms with Crippen LogP contribution in [0.3, 0.4) is 0 Å². The van der Waals surface area contributed by atoms with Gasteiger partial charge in [0.15, 0.2) is 0 Å². The first kappa shape index (κ1) is 18.5. The van der Waals surface area contributed by atoms with Crippen LogP contribution in [0.1, 0.15) is 27.4 Å². The molecule has 1 amide bonds. The maximum Gasteiger partial charge on any atom is 0.270 e. The van der Waals surface area contributed by atoms with Crippen molar-refractivity contribution in [2.75, 3.05) is 44.4 Å². The van der Waals surface area contributed by atoms with Crippen LogP contribution in [0.15, 0.2) is 30.3 Å². The number of aliphatic hydroxyl groups is 1. The van der Waals surface area contributed by atoms with E-state index in [-0.39, 0.29) is 17.9 Å². The molecular formula is C22H26N4O3. The average molecular weight is 394 g/mol. The van der Waals surface area contributed by atoms with Gasteiger partial charge in [0.2, 0.25) is 0 Å². The summed E-state index contributed by atoms with van der Waals surface area (Å²) in [5.41, 5.74) is 2.45. The van der Waals surface area contributed by atoms with Crippen molar-refractivity contribution < 1.29 is 14.6 Å². The Labute approximate surface area is 170 Å². The van der Waals surface area contributed by atoms with E-state index in [0.29, 0.717) is 50.2 Å². The van der Waals surface area contributed by atoms with Crippen LogP contribution in [-0.2, 0) is 24.0 Å². The number of hydrogen-bond donors (Lipinski definition) is 2. The molecule has 0 spiro atoms. The maximum absolute atomic E-state index is 12.5. The third-order valence-electron chi connectivity index (χ3n) is 6.52. The number of hydrogen-bond acceptors (Lipinski definition) is 6. The Balaban J connectivity index is 1.47. The monoisotopic (exact) mass is 394 g/mol. The number of aromatic nitrogens is 2. The van der Waals surface area contributed by atoms with Gasteiger partial charge in [-0.1, -0.05) is 30.3 Å². The normalized spacial score (nSPS) is 25.6. The first-order chi connectivity index (χ1) is 14.2. The lowest BCUT2D eigenvalue weighted by molar-refractivity contribution is 0.0939. The number of carbonyl (C=O) groups excluding carboxylic acids is 1. The fraction of sp³-hybridized carbons (Fsp3) is 0.500. The molecule has 2 N–H and O–H groups in total. The number of aryl methyl sites for hydroxylation is 2. The lowest BCUT2D eigenvalue weighted by atomic mass is 9.82. The number of fused-ring (bicyclic) bond motifs is 2. The summed E-state index contributed by atoms with van der Waals surface area (Å²) in [6.07, 6.45) is 2.25. The highest BCUT2D eigenvalue weighted by molar-refractivity contribution is 5.96. The molecular weight excluding hydrogens is 368 g/mol. The molecule has 7 nitrogen and oxygen atoms in total. The zero-order chi connectivity index (χ0) is 19.8. The van der Waals surface area contributed by atoms with Crippen LogP contribution in [0, 0.1) is 11.3 Å². The van der Waals surface area contributed by atoms with Gasteiger partial charge in [0.1, 0.15) is 17.3 Å². The Morgan fingerprint density at radius 1 is 1.24 bits per heavy atom. The summed E-state index contributed by atoms with van der Waals surface area (Å²) in [6, 6.07) is 10.3. The van der Waals surface area contributed by atoms with E-state index >= 15 is 0 Å². The Morgan fingerprint density at radius 2 is 2.10 bits per heavy atom. The highest BCUT2D eigenvalue weighted by atomic mass is 16.5. The van der Waals surface area contributed by atoms with Gasteiger partial charge < -0.3 is 20.1 Å². The molecule has 0 unspecified atom stereocenters. The predicted octanol–water partition coefficient (Wildman–Crippen LogP) is 0.993. The molecule has 29 heavy (non-hydrogen) atoms. The minimum absolute atomic E-state index is 0.114. The summed E-state index contributed by atoms with van der Waals surface area (Å²) >= 11 is 0. The smallest absolute Gasteiger partial charge is 0.270 e. The van der Waals surface area contributed by atoms with Gasteiger partial charge in [-0.2, -0.15) is 0 Å². The van der Waals surface area contributed by atoms with Crippen molar-refractivity contribution in [3.63, 3.8) is 0 Å². The van der Waals surface area contributed by atoms with Crippen LogP contribution in [0.4, 0.5) is 5.82 Å². The van der Waals surface area contributed by atoms with Crippen LogP contribution >= 0.6 is 0 Å². The summed E-state index contributed by atoms with van der Waals surface area (Å²) < 4.78 is 5.65. The molecule has 1 aromatic heterocycles. The molecule has 0 radical (unpaired) electrons. The van der Waals surface area contributed by atoms with E-state index in [0.717, 1.165) is 30.8 Å². The van der Waals surface area contributed by atoms with Crippen molar-refractivity contribution in [2.45, 2.75) is 19.3 Å². The minimum atomic E-state index is -0.223. The molecule has 5 rings (SSSR count). The fourth-order valence-electron chi connectivity index (χ4n) is 4.81. The molecule has 0 bridgehead atoms. The summed E-state index contributed by atoms with van der Waals surface area (Å²) in [6.45, 7) is 3.48. The third-order valence-corrected chi connectivity index (χ3v) is 6.52. The van der Waals surface area contributed by atoms with E-state index in [2.05, 4.69) is 27.3 Å². The van der Waals surface area contributed by atoms with Gasteiger partial charge in [0.25, 0.3) is 5.91 Å². The topological polar surface area (TPSA) is 87.6 Å². The number of benzene rings is 1. The van der Waals surface area contributed by atoms with Crippen molar-refractivity contribution in [3.8, 4) is 0 Å². The average Bonchev–Trinajstić information content (AvgIpc) is 3.31. The zero-order valence-corrected chi connectivity index (χ0v) is 16.4. The number of aliphatic hydroxyl groups excluding tert-OH is 1. The van der Waals surface area contributed by atoms with E-state index < -0.39 is 0 Å². The van der Waals surface area contributed by atoms with E-state index in [1.54, 1.807) is 0 Å². The van der Waals surface area contributed by atoms with Gasteiger partial charge in [-0.15, -0.1) is 0 Å². The lowest BCUT2D eigenvalue weighted by Gasteiger charge is -2.28. The lowest BCUT2D eigenvalue weighted by Crippen LogP contribution is -2.37. The highest BCUT2D eigenvalue weighted by Gasteiger charge is 2.51. The van der Waals surface area contributed by atoms with E-state index in [9.17, 15) is 9.90 Å². The van der Waals surface area contributed by atoms with Gasteiger partial charge in [-0.05, 0) is 18.4 Å². The fourth-order valence-corrected chi connectivity index (χ4v) is 4.81. The van der Waals surface area contributed by atoms with E-state index in [1.807, 2.05) is 18.2 Å². The van der Waals surface area contributed by atoms with Crippen LogP contribution in [0.25, 0.3) is 0 Å². The Bertz CT molecular complexity index is 920. The minimum Gasteiger partial charge on any atom is -0.396 e. The Morgan fingerprint density at radius 3 is 2.90 bits per heavy atom. The van der Waals surface area contributed by atoms with E-state index in [4.69, 9.17) is 9.72 Å².